The van der Waals surface area contributed by atoms with Crippen molar-refractivity contribution < 1.29 is 19.3 Å². The van der Waals surface area contributed by atoms with Crippen LogP contribution in [0.4, 0.5) is 5.69 Å². The van der Waals surface area contributed by atoms with Gasteiger partial charge in [0.25, 0.3) is 5.56 Å². The second-order valence-electron chi connectivity index (χ2n) is 7.87. The number of phenols is 1. The molecule has 8 heteroatoms. The first-order chi connectivity index (χ1) is 15.0. The molecule has 2 N–H and O–H groups in total. The van der Waals surface area contributed by atoms with Gasteiger partial charge in [-0.1, -0.05) is 6.92 Å². The van der Waals surface area contributed by atoms with Gasteiger partial charge >= 0.3 is 0 Å². The molecule has 1 heterocycles. The minimum atomic E-state index is -0.224. The topological polar surface area (TPSA) is 94.8 Å². The molecule has 0 saturated heterocycles. The van der Waals surface area contributed by atoms with Gasteiger partial charge in [-0.15, -0.1) is 0 Å². The largest absolute Gasteiger partial charge is 0.507 e. The van der Waals surface area contributed by atoms with Crippen LogP contribution in [-0.4, -0.2) is 55.2 Å². The highest BCUT2D eigenvalue weighted by molar-refractivity contribution is 5.76. The first kappa shape index (κ1) is 23.1. The maximum Gasteiger partial charge on any atom is 0.277 e. The molecule has 0 saturated carbocycles. The normalized spacial score (nSPS) is 13.4. The van der Waals surface area contributed by atoms with Crippen molar-refractivity contribution in [2.45, 2.75) is 45.1 Å². The number of anilines is 1. The summed E-state index contributed by atoms with van der Waals surface area (Å²) in [7, 11) is 6.45. The van der Waals surface area contributed by atoms with Crippen LogP contribution in [0.15, 0.2) is 10.9 Å². The number of fused-ring (bicyclic) bond motifs is 1. The molecule has 0 spiro atoms. The van der Waals surface area contributed by atoms with Crippen LogP contribution < -0.4 is 15.6 Å². The molecular weight excluding hydrogens is 398 g/mol. The van der Waals surface area contributed by atoms with Gasteiger partial charge in [0.2, 0.25) is 0 Å². The van der Waals surface area contributed by atoms with Gasteiger partial charge in [-0.25, -0.2) is 4.98 Å². The van der Waals surface area contributed by atoms with Gasteiger partial charge in [0.1, 0.15) is 28.6 Å². The van der Waals surface area contributed by atoms with Crippen molar-refractivity contribution in [3.63, 3.8) is 0 Å². The van der Waals surface area contributed by atoms with Crippen molar-refractivity contribution in [3.05, 3.63) is 33.2 Å². The molecule has 0 aliphatic heterocycles. The molecule has 170 valence electrons. The summed E-state index contributed by atoms with van der Waals surface area (Å²) in [5.41, 5.74) is 3.31. The van der Waals surface area contributed by atoms with E-state index in [1.165, 1.54) is 4.57 Å². The van der Waals surface area contributed by atoms with E-state index < -0.39 is 0 Å². The van der Waals surface area contributed by atoms with E-state index in [9.17, 15) is 9.90 Å². The lowest BCUT2D eigenvalue weighted by Gasteiger charge is -2.24. The Bertz CT molecular complexity index is 980. The molecule has 1 aliphatic carbocycles. The SMILES string of the molecule is CCc1nc(-c2c(OC)cc3c(c2O)CCCC3)n(C)c(=O)c1NC(COC)COC. The first-order valence-electron chi connectivity index (χ1n) is 10.7. The van der Waals surface area contributed by atoms with Crippen molar-refractivity contribution in [2.75, 3.05) is 39.9 Å². The number of aromatic hydroxyl groups is 1. The van der Waals surface area contributed by atoms with Crippen molar-refractivity contribution in [1.82, 2.24) is 9.55 Å². The Kier molecular flexibility index (Phi) is 7.56. The number of benzene rings is 1. The molecule has 0 fully saturated rings. The zero-order valence-corrected chi connectivity index (χ0v) is 19.1. The van der Waals surface area contributed by atoms with Crippen molar-refractivity contribution in [3.8, 4) is 22.9 Å². The number of nitrogens with zero attached hydrogens (tertiary/aromatic N) is 2. The molecule has 1 aromatic carbocycles. The van der Waals surface area contributed by atoms with E-state index in [1.54, 1.807) is 28.4 Å². The Balaban J connectivity index is 2.16. The fraction of sp³-hybridized carbons (Fsp3) is 0.565. The van der Waals surface area contributed by atoms with Gasteiger partial charge in [-0.05, 0) is 49.3 Å². The van der Waals surface area contributed by atoms with E-state index in [4.69, 9.17) is 19.2 Å². The van der Waals surface area contributed by atoms with Gasteiger partial charge in [0, 0.05) is 21.3 Å². The zero-order valence-electron chi connectivity index (χ0n) is 19.1. The molecule has 8 nitrogen and oxygen atoms in total. The molecule has 0 atom stereocenters. The van der Waals surface area contributed by atoms with Crippen LogP contribution in [0, 0.1) is 0 Å². The quantitative estimate of drug-likeness (QED) is 0.630. The molecule has 0 amide bonds. The Morgan fingerprint density at radius 1 is 1.19 bits per heavy atom. The van der Waals surface area contributed by atoms with Gasteiger partial charge in [-0.3, -0.25) is 9.36 Å². The number of aromatic nitrogens is 2. The fourth-order valence-electron chi connectivity index (χ4n) is 4.24. The average molecular weight is 432 g/mol. The van der Waals surface area contributed by atoms with Crippen LogP contribution in [0.1, 0.15) is 36.6 Å². The molecule has 0 bridgehead atoms. The summed E-state index contributed by atoms with van der Waals surface area (Å²) in [6.07, 6.45) is 4.39. The molecule has 2 aromatic rings. The van der Waals surface area contributed by atoms with Gasteiger partial charge in [0.05, 0.1) is 32.1 Å². The maximum absolute atomic E-state index is 13.3. The number of rotatable bonds is 9. The number of ether oxygens (including phenoxy) is 3. The third-order valence-corrected chi connectivity index (χ3v) is 5.81. The highest BCUT2D eigenvalue weighted by Crippen LogP contribution is 2.43. The summed E-state index contributed by atoms with van der Waals surface area (Å²) in [5.74, 6) is 1.08. The molecular formula is C23H33N3O5. The fourth-order valence-corrected chi connectivity index (χ4v) is 4.24. The zero-order chi connectivity index (χ0) is 22.5. The average Bonchev–Trinajstić information content (AvgIpc) is 2.78. The Labute approximate surface area is 183 Å². The Morgan fingerprint density at radius 2 is 1.87 bits per heavy atom. The monoisotopic (exact) mass is 431 g/mol. The van der Waals surface area contributed by atoms with E-state index in [0.717, 1.165) is 36.8 Å². The summed E-state index contributed by atoms with van der Waals surface area (Å²) < 4.78 is 17.6. The highest BCUT2D eigenvalue weighted by atomic mass is 16.5. The number of nitrogens with one attached hydrogen (secondary N) is 1. The number of methoxy groups -OCH3 is 3. The maximum atomic E-state index is 13.3. The van der Waals surface area contributed by atoms with Crippen LogP contribution in [0.5, 0.6) is 11.5 Å². The van der Waals surface area contributed by atoms with Crippen LogP contribution >= 0.6 is 0 Å². The third kappa shape index (κ3) is 4.55. The van der Waals surface area contributed by atoms with Gasteiger partial charge in [-0.2, -0.15) is 0 Å². The predicted octanol–water partition coefficient (Wildman–Crippen LogP) is 2.68. The van der Waals surface area contributed by atoms with Crippen LogP contribution in [0.25, 0.3) is 11.4 Å². The van der Waals surface area contributed by atoms with Gasteiger partial charge in [0.15, 0.2) is 0 Å². The number of hydrogen-bond acceptors (Lipinski definition) is 7. The van der Waals surface area contributed by atoms with Crippen molar-refractivity contribution in [2.24, 2.45) is 7.05 Å². The summed E-state index contributed by atoms with van der Waals surface area (Å²) in [6, 6.07) is 1.79. The smallest absolute Gasteiger partial charge is 0.277 e. The summed E-state index contributed by atoms with van der Waals surface area (Å²) >= 11 is 0. The van der Waals surface area contributed by atoms with E-state index in [1.807, 2.05) is 13.0 Å². The lowest BCUT2D eigenvalue weighted by atomic mass is 9.88. The molecule has 0 unspecified atom stereocenters. The molecule has 1 aliphatic rings. The first-order valence-corrected chi connectivity index (χ1v) is 10.7. The summed E-state index contributed by atoms with van der Waals surface area (Å²) in [6.45, 7) is 2.73. The van der Waals surface area contributed by atoms with E-state index in [2.05, 4.69) is 5.32 Å². The highest BCUT2D eigenvalue weighted by Gasteiger charge is 2.26. The number of aryl methyl sites for hydroxylation is 2. The van der Waals surface area contributed by atoms with E-state index in [0.29, 0.717) is 48.2 Å². The van der Waals surface area contributed by atoms with Gasteiger partial charge < -0.3 is 24.6 Å². The predicted molar refractivity (Wildman–Crippen MR) is 120 cm³/mol. The standard InChI is InChI=1S/C23H33N3O5/c1-6-17-20(24-15(12-29-3)13-30-4)23(28)26(2)22(25-17)19-18(31-5)11-14-9-7-8-10-16(14)21(19)27/h11,15,24,27H,6-10,12-13H2,1-5H3. The molecule has 3 rings (SSSR count). The third-order valence-electron chi connectivity index (χ3n) is 5.81. The van der Waals surface area contributed by atoms with Crippen LogP contribution in [0.2, 0.25) is 0 Å². The number of hydrogen-bond donors (Lipinski definition) is 2. The Hall–Kier alpha value is -2.58. The molecule has 0 radical (unpaired) electrons. The van der Waals surface area contributed by atoms with Crippen LogP contribution in [0.3, 0.4) is 0 Å². The van der Waals surface area contributed by atoms with Crippen LogP contribution in [-0.2, 0) is 35.8 Å². The molecule has 1 aromatic heterocycles. The molecule has 31 heavy (non-hydrogen) atoms. The van der Waals surface area contributed by atoms with Crippen molar-refractivity contribution in [1.29, 1.82) is 0 Å². The summed E-state index contributed by atoms with van der Waals surface area (Å²) in [5, 5.41) is 14.4. The number of phenolic OH excluding ortho intramolecular Hbond substituents is 1. The van der Waals surface area contributed by atoms with E-state index in [-0.39, 0.29) is 17.4 Å². The Morgan fingerprint density at radius 3 is 2.48 bits per heavy atom. The second-order valence-corrected chi connectivity index (χ2v) is 7.87. The van der Waals surface area contributed by atoms with Crippen molar-refractivity contribution >= 4 is 5.69 Å². The second kappa shape index (κ2) is 10.2. The minimum Gasteiger partial charge on any atom is -0.507 e. The van der Waals surface area contributed by atoms with E-state index >= 15 is 0 Å². The lowest BCUT2D eigenvalue weighted by Crippen LogP contribution is -2.35. The summed E-state index contributed by atoms with van der Waals surface area (Å²) in [4.78, 5) is 18.1. The minimum absolute atomic E-state index is 0.163. The lowest BCUT2D eigenvalue weighted by molar-refractivity contribution is 0.126.